The molecule has 0 saturated carbocycles. The molecule has 0 radical (unpaired) electrons. The summed E-state index contributed by atoms with van der Waals surface area (Å²) in [6, 6.07) is 1.64. The Morgan fingerprint density at radius 2 is 1.92 bits per heavy atom. The van der Waals surface area contributed by atoms with Crippen LogP contribution in [0.1, 0.15) is 26.2 Å². The number of hydrogen-bond donors (Lipinski definition) is 0. The summed E-state index contributed by atoms with van der Waals surface area (Å²) < 4.78 is 27.5. The molecule has 0 bridgehead atoms. The van der Waals surface area contributed by atoms with Gasteiger partial charge in [-0.25, -0.2) is 8.42 Å². The van der Waals surface area contributed by atoms with Crippen molar-refractivity contribution in [1.29, 1.82) is 0 Å². The number of rotatable bonds is 4. The molecule has 8 heteroatoms. The number of likely N-dealkylation sites (tertiary alicyclic amines) is 1. The molecule has 1 aromatic heterocycles. The van der Waals surface area contributed by atoms with E-state index >= 15 is 0 Å². The Morgan fingerprint density at radius 1 is 1.25 bits per heavy atom. The largest absolute Gasteiger partial charge is 0.297 e. The number of halogens is 2. The second-order valence-corrected chi connectivity index (χ2v) is 11.0. The van der Waals surface area contributed by atoms with Gasteiger partial charge in [-0.1, -0.05) is 42.3 Å². The predicted octanol–water partition coefficient (Wildman–Crippen LogP) is 4.10. The second kappa shape index (κ2) is 7.25. The smallest absolute Gasteiger partial charge is 0.252 e. The van der Waals surface area contributed by atoms with Crippen molar-refractivity contribution < 1.29 is 8.42 Å². The lowest BCUT2D eigenvalue weighted by Crippen LogP contribution is -2.42. The maximum atomic E-state index is 12.8. The number of thiophene rings is 1. The summed E-state index contributed by atoms with van der Waals surface area (Å²) in [5.41, 5.74) is 0. The van der Waals surface area contributed by atoms with Crippen LogP contribution in [0.3, 0.4) is 0 Å². The molecule has 1 aromatic rings. The molecular weight excluding hydrogens is 387 g/mol. The Kier molecular flexibility index (Phi) is 5.64. The van der Waals surface area contributed by atoms with Crippen molar-refractivity contribution in [3.8, 4) is 0 Å². The van der Waals surface area contributed by atoms with Crippen molar-refractivity contribution in [2.24, 2.45) is 5.92 Å². The Morgan fingerprint density at radius 3 is 2.50 bits per heavy atom. The molecule has 2 atom stereocenters. The number of likely N-dealkylation sites (N-methyl/N-ethyl adjacent to an activating group) is 1. The molecule has 0 amide bonds. The van der Waals surface area contributed by atoms with Gasteiger partial charge in [-0.15, -0.1) is 11.3 Å². The molecule has 2 aliphatic rings. The minimum atomic E-state index is -3.57. The van der Waals surface area contributed by atoms with E-state index in [-0.39, 0.29) is 15.3 Å². The molecule has 0 spiro atoms. The molecule has 1 saturated heterocycles. The van der Waals surface area contributed by atoms with Crippen molar-refractivity contribution in [3.63, 3.8) is 0 Å². The lowest BCUT2D eigenvalue weighted by molar-refractivity contribution is 0.153. The van der Waals surface area contributed by atoms with Crippen molar-refractivity contribution in [2.75, 3.05) is 20.1 Å². The maximum Gasteiger partial charge on any atom is 0.252 e. The third kappa shape index (κ3) is 3.69. The summed E-state index contributed by atoms with van der Waals surface area (Å²) in [5, 5.41) is 0.288. The Labute approximate surface area is 158 Å². The summed E-state index contributed by atoms with van der Waals surface area (Å²) in [6.07, 6.45) is 7.40. The van der Waals surface area contributed by atoms with Crippen LogP contribution in [0, 0.1) is 5.92 Å². The van der Waals surface area contributed by atoms with E-state index in [0.717, 1.165) is 36.8 Å². The molecule has 1 aliphatic carbocycles. The predicted molar refractivity (Wildman–Crippen MR) is 101 cm³/mol. The molecule has 134 valence electrons. The highest BCUT2D eigenvalue weighted by Crippen LogP contribution is 2.37. The van der Waals surface area contributed by atoms with Crippen molar-refractivity contribution in [1.82, 2.24) is 9.21 Å². The molecule has 1 aliphatic heterocycles. The quantitative estimate of drug-likeness (QED) is 0.703. The molecule has 4 nitrogen and oxygen atoms in total. The molecule has 3 rings (SSSR count). The van der Waals surface area contributed by atoms with Crippen LogP contribution in [0.15, 0.2) is 22.4 Å². The molecular formula is C16H22Cl2N2O2S2. The Hall–Kier alpha value is -0.110. The lowest BCUT2D eigenvalue weighted by Gasteiger charge is -2.35. The fourth-order valence-electron chi connectivity index (χ4n) is 3.34. The first kappa shape index (κ1) is 18.7. The van der Waals surface area contributed by atoms with Crippen LogP contribution in [-0.4, -0.2) is 49.8 Å². The first-order chi connectivity index (χ1) is 11.3. The molecule has 1 fully saturated rings. The number of piperidine rings is 1. The molecule has 0 aromatic carbocycles. The fourth-order valence-corrected chi connectivity index (χ4v) is 6.73. The van der Waals surface area contributed by atoms with Gasteiger partial charge >= 0.3 is 0 Å². The normalized spacial score (nSPS) is 26.5. The van der Waals surface area contributed by atoms with Gasteiger partial charge in [0, 0.05) is 19.1 Å². The summed E-state index contributed by atoms with van der Waals surface area (Å²) in [4.78, 5) is 2.47. The van der Waals surface area contributed by atoms with Gasteiger partial charge in [-0.05, 0) is 44.3 Å². The van der Waals surface area contributed by atoms with Crippen molar-refractivity contribution >= 4 is 44.6 Å². The first-order valence-corrected chi connectivity index (χ1v) is 11.2. The van der Waals surface area contributed by atoms with Crippen LogP contribution in [0.25, 0.3) is 0 Å². The first-order valence-electron chi connectivity index (χ1n) is 8.14. The van der Waals surface area contributed by atoms with Gasteiger partial charge in [0.15, 0.2) is 0 Å². The summed E-state index contributed by atoms with van der Waals surface area (Å²) in [7, 11) is -1.94. The highest BCUT2D eigenvalue weighted by atomic mass is 35.5. The highest BCUT2D eigenvalue weighted by Gasteiger charge is 2.34. The minimum absolute atomic E-state index is 0.126. The van der Waals surface area contributed by atoms with Crippen LogP contribution in [0.2, 0.25) is 9.36 Å². The molecule has 0 N–H and O–H groups in total. The van der Waals surface area contributed by atoms with E-state index in [1.165, 1.54) is 23.2 Å². The van der Waals surface area contributed by atoms with Gasteiger partial charge in [0.1, 0.15) is 8.55 Å². The van der Waals surface area contributed by atoms with Crippen molar-refractivity contribution in [3.05, 3.63) is 27.6 Å². The Balaban J connectivity index is 1.68. The third-order valence-electron chi connectivity index (χ3n) is 5.05. The van der Waals surface area contributed by atoms with Crippen LogP contribution in [0.4, 0.5) is 0 Å². The van der Waals surface area contributed by atoms with Crippen LogP contribution in [-0.2, 0) is 10.0 Å². The van der Waals surface area contributed by atoms with E-state index < -0.39 is 10.0 Å². The van der Waals surface area contributed by atoms with E-state index in [0.29, 0.717) is 10.4 Å². The zero-order valence-electron chi connectivity index (χ0n) is 13.8. The monoisotopic (exact) mass is 408 g/mol. The standard InChI is InChI=1S/C16H22Cl2N2O2S2/c1-11-5-7-20(8-6-11)13-4-3-12(9-13)19(2)24(21,22)15-10-14(17)16(18)23-15/h3-4,10-13H,5-9H2,1-2H3/t12-,13+/m1/s1. The number of sulfonamides is 1. The second-order valence-electron chi connectivity index (χ2n) is 6.68. The number of nitrogens with zero attached hydrogens (tertiary/aromatic N) is 2. The summed E-state index contributed by atoms with van der Waals surface area (Å²) in [5.74, 6) is 0.791. The van der Waals surface area contributed by atoms with Gasteiger partial charge in [0.05, 0.1) is 5.02 Å². The van der Waals surface area contributed by atoms with Crippen LogP contribution >= 0.6 is 34.5 Å². The highest BCUT2D eigenvalue weighted by molar-refractivity contribution is 7.91. The van der Waals surface area contributed by atoms with Gasteiger partial charge in [-0.3, -0.25) is 4.90 Å². The van der Waals surface area contributed by atoms with Gasteiger partial charge in [0.25, 0.3) is 10.0 Å². The fraction of sp³-hybridized carbons (Fsp3) is 0.625. The van der Waals surface area contributed by atoms with Crippen molar-refractivity contribution in [2.45, 2.75) is 42.5 Å². The average Bonchev–Trinajstić information content (AvgIpc) is 3.15. The summed E-state index contributed by atoms with van der Waals surface area (Å²) >= 11 is 12.8. The van der Waals surface area contributed by atoms with E-state index in [1.807, 2.05) is 6.08 Å². The van der Waals surface area contributed by atoms with E-state index in [2.05, 4.69) is 17.9 Å². The lowest BCUT2D eigenvalue weighted by atomic mass is 9.97. The zero-order chi connectivity index (χ0) is 17.5. The van der Waals surface area contributed by atoms with Crippen LogP contribution in [0.5, 0.6) is 0 Å². The number of hydrogen-bond acceptors (Lipinski definition) is 4. The van der Waals surface area contributed by atoms with E-state index in [4.69, 9.17) is 23.2 Å². The molecule has 0 unspecified atom stereocenters. The topological polar surface area (TPSA) is 40.6 Å². The van der Waals surface area contributed by atoms with E-state index in [1.54, 1.807) is 7.05 Å². The van der Waals surface area contributed by atoms with E-state index in [9.17, 15) is 8.42 Å². The molecule has 24 heavy (non-hydrogen) atoms. The maximum absolute atomic E-state index is 12.8. The minimum Gasteiger partial charge on any atom is -0.297 e. The Bertz CT molecular complexity index is 705. The van der Waals surface area contributed by atoms with Gasteiger partial charge < -0.3 is 0 Å². The average molecular weight is 409 g/mol. The van der Waals surface area contributed by atoms with Gasteiger partial charge in [-0.2, -0.15) is 4.31 Å². The third-order valence-corrected chi connectivity index (χ3v) is 9.25. The van der Waals surface area contributed by atoms with Crippen LogP contribution < -0.4 is 0 Å². The summed E-state index contributed by atoms with van der Waals surface area (Å²) in [6.45, 7) is 4.48. The SMILES string of the molecule is CC1CCN([C@H]2C=C[C@@H](N(C)S(=O)(=O)c3cc(Cl)c(Cl)s3)C2)CC1. The van der Waals surface area contributed by atoms with Gasteiger partial charge in [0.2, 0.25) is 0 Å². The zero-order valence-corrected chi connectivity index (χ0v) is 16.9. The molecule has 2 heterocycles.